The number of aryl methyl sites for hydroxylation is 1. The standard InChI is InChI=1S/C28H43FN2O/c1-4-6-7-8-9-10-11-12-13-15-24-20-30-28(31-21-24)25-16-18-26(19-17-25)32-22-27(29)23(3)14-5-2/h16-21,23,27H,4-15,22H2,1-3H3. The Morgan fingerprint density at radius 3 is 2.00 bits per heavy atom. The predicted molar refractivity (Wildman–Crippen MR) is 133 cm³/mol. The van der Waals surface area contributed by atoms with Gasteiger partial charge in [-0.3, -0.25) is 0 Å². The Morgan fingerprint density at radius 2 is 1.41 bits per heavy atom. The predicted octanol–water partition coefficient (Wildman–Crippen LogP) is 8.37. The van der Waals surface area contributed by atoms with Gasteiger partial charge in [0.1, 0.15) is 18.5 Å². The molecule has 4 heteroatoms. The lowest BCUT2D eigenvalue weighted by Crippen LogP contribution is -2.20. The van der Waals surface area contributed by atoms with Crippen LogP contribution in [-0.4, -0.2) is 22.7 Å². The monoisotopic (exact) mass is 442 g/mol. The highest BCUT2D eigenvalue weighted by molar-refractivity contribution is 5.55. The van der Waals surface area contributed by atoms with Gasteiger partial charge in [0, 0.05) is 18.0 Å². The summed E-state index contributed by atoms with van der Waals surface area (Å²) in [5.74, 6) is 1.43. The van der Waals surface area contributed by atoms with Crippen molar-refractivity contribution in [2.75, 3.05) is 6.61 Å². The van der Waals surface area contributed by atoms with Crippen LogP contribution in [0.25, 0.3) is 11.4 Å². The third-order valence-corrected chi connectivity index (χ3v) is 6.16. The third kappa shape index (κ3) is 10.1. The summed E-state index contributed by atoms with van der Waals surface area (Å²) >= 11 is 0. The Labute approximate surface area is 195 Å². The second-order valence-corrected chi connectivity index (χ2v) is 9.11. The van der Waals surface area contributed by atoms with Crippen molar-refractivity contribution in [1.29, 1.82) is 0 Å². The molecule has 32 heavy (non-hydrogen) atoms. The summed E-state index contributed by atoms with van der Waals surface area (Å²) in [4.78, 5) is 9.08. The molecule has 0 radical (unpaired) electrons. The van der Waals surface area contributed by atoms with Crippen molar-refractivity contribution in [3.05, 3.63) is 42.2 Å². The molecule has 1 aromatic carbocycles. The van der Waals surface area contributed by atoms with Crippen molar-refractivity contribution in [1.82, 2.24) is 9.97 Å². The molecule has 0 spiro atoms. The van der Waals surface area contributed by atoms with E-state index in [9.17, 15) is 4.39 Å². The summed E-state index contributed by atoms with van der Waals surface area (Å²) < 4.78 is 19.7. The number of nitrogens with zero attached hydrogens (tertiary/aromatic N) is 2. The maximum Gasteiger partial charge on any atom is 0.159 e. The van der Waals surface area contributed by atoms with Gasteiger partial charge in [0.2, 0.25) is 0 Å². The lowest BCUT2D eigenvalue weighted by Gasteiger charge is -2.16. The molecule has 3 nitrogen and oxygen atoms in total. The molecule has 0 saturated carbocycles. The number of benzene rings is 1. The number of unbranched alkanes of at least 4 members (excludes halogenated alkanes) is 8. The van der Waals surface area contributed by atoms with Gasteiger partial charge in [-0.2, -0.15) is 0 Å². The minimum atomic E-state index is -0.934. The van der Waals surface area contributed by atoms with E-state index in [1.807, 2.05) is 43.6 Å². The molecule has 1 aromatic heterocycles. The van der Waals surface area contributed by atoms with Gasteiger partial charge in [0.25, 0.3) is 0 Å². The molecule has 0 fully saturated rings. The fourth-order valence-corrected chi connectivity index (χ4v) is 3.95. The van der Waals surface area contributed by atoms with Crippen molar-refractivity contribution in [3.8, 4) is 17.1 Å². The molecular weight excluding hydrogens is 399 g/mol. The second kappa shape index (κ2) is 15.8. The number of alkyl halides is 1. The number of halogens is 1. The van der Waals surface area contributed by atoms with E-state index in [1.165, 1.54) is 63.4 Å². The number of hydrogen-bond acceptors (Lipinski definition) is 3. The molecule has 0 aliphatic heterocycles. The zero-order chi connectivity index (χ0) is 23.0. The van der Waals surface area contributed by atoms with Crippen LogP contribution < -0.4 is 4.74 Å². The van der Waals surface area contributed by atoms with E-state index >= 15 is 0 Å². The smallest absolute Gasteiger partial charge is 0.159 e. The third-order valence-electron chi connectivity index (χ3n) is 6.16. The average molecular weight is 443 g/mol. The van der Waals surface area contributed by atoms with Crippen molar-refractivity contribution in [3.63, 3.8) is 0 Å². The number of aromatic nitrogens is 2. The minimum Gasteiger partial charge on any atom is -0.491 e. The van der Waals surface area contributed by atoms with Crippen molar-refractivity contribution >= 4 is 0 Å². The van der Waals surface area contributed by atoms with Crippen molar-refractivity contribution in [2.24, 2.45) is 5.92 Å². The highest BCUT2D eigenvalue weighted by Gasteiger charge is 2.16. The Kier molecular flexibility index (Phi) is 13.0. The van der Waals surface area contributed by atoms with Crippen LogP contribution in [0.4, 0.5) is 4.39 Å². The lowest BCUT2D eigenvalue weighted by molar-refractivity contribution is 0.142. The molecule has 0 bridgehead atoms. The van der Waals surface area contributed by atoms with Crippen LogP contribution in [0.1, 0.15) is 97.0 Å². The van der Waals surface area contributed by atoms with E-state index in [0.717, 1.165) is 24.8 Å². The highest BCUT2D eigenvalue weighted by atomic mass is 19.1. The van der Waals surface area contributed by atoms with Crippen LogP contribution in [-0.2, 0) is 6.42 Å². The van der Waals surface area contributed by atoms with Crippen LogP contribution in [0.5, 0.6) is 5.75 Å². The van der Waals surface area contributed by atoms with Gasteiger partial charge in [0.15, 0.2) is 5.82 Å². The molecule has 0 amide bonds. The van der Waals surface area contributed by atoms with Crippen LogP contribution in [0, 0.1) is 5.92 Å². The Morgan fingerprint density at radius 1 is 0.812 bits per heavy atom. The van der Waals surface area contributed by atoms with Gasteiger partial charge in [0.05, 0.1) is 0 Å². The number of hydrogen-bond donors (Lipinski definition) is 0. The maximum absolute atomic E-state index is 14.1. The lowest BCUT2D eigenvalue weighted by atomic mass is 10.0. The van der Waals surface area contributed by atoms with Gasteiger partial charge in [-0.15, -0.1) is 0 Å². The van der Waals surface area contributed by atoms with Crippen LogP contribution in [0.15, 0.2) is 36.7 Å². The summed E-state index contributed by atoms with van der Waals surface area (Å²) in [6.45, 7) is 6.39. The molecule has 2 aromatic rings. The van der Waals surface area contributed by atoms with Gasteiger partial charge in [-0.05, 0) is 55.0 Å². The van der Waals surface area contributed by atoms with Crippen LogP contribution >= 0.6 is 0 Å². The normalized spacial score (nSPS) is 13.1. The van der Waals surface area contributed by atoms with E-state index in [-0.39, 0.29) is 12.5 Å². The quantitative estimate of drug-likeness (QED) is 0.231. The zero-order valence-corrected chi connectivity index (χ0v) is 20.5. The van der Waals surface area contributed by atoms with Crippen LogP contribution in [0.2, 0.25) is 0 Å². The Balaban J connectivity index is 1.69. The molecule has 2 rings (SSSR count). The zero-order valence-electron chi connectivity index (χ0n) is 20.5. The van der Waals surface area contributed by atoms with Crippen molar-refractivity contribution < 1.29 is 9.13 Å². The average Bonchev–Trinajstić information content (AvgIpc) is 2.82. The Bertz CT molecular complexity index is 717. The maximum atomic E-state index is 14.1. The largest absolute Gasteiger partial charge is 0.491 e. The SMILES string of the molecule is CCCCCCCCCCCc1cnc(-c2ccc(OCC(F)C(C)CCC)cc2)nc1. The first-order chi connectivity index (χ1) is 15.6. The summed E-state index contributed by atoms with van der Waals surface area (Å²) in [7, 11) is 0. The first kappa shape index (κ1) is 26.3. The van der Waals surface area contributed by atoms with Gasteiger partial charge in [-0.1, -0.05) is 78.6 Å². The molecule has 2 atom stereocenters. The van der Waals surface area contributed by atoms with Crippen molar-refractivity contribution in [2.45, 2.75) is 104 Å². The first-order valence-electron chi connectivity index (χ1n) is 12.8. The second-order valence-electron chi connectivity index (χ2n) is 9.11. The van der Waals surface area contributed by atoms with Gasteiger partial charge >= 0.3 is 0 Å². The molecule has 1 heterocycles. The molecular formula is C28H43FN2O. The highest BCUT2D eigenvalue weighted by Crippen LogP contribution is 2.21. The van der Waals surface area contributed by atoms with Gasteiger partial charge in [-0.25, -0.2) is 14.4 Å². The molecule has 2 unspecified atom stereocenters. The summed E-state index contributed by atoms with van der Waals surface area (Å²) in [5, 5.41) is 0. The van der Waals surface area contributed by atoms with Crippen LogP contribution in [0.3, 0.4) is 0 Å². The van der Waals surface area contributed by atoms with Gasteiger partial charge < -0.3 is 4.74 Å². The van der Waals surface area contributed by atoms with E-state index in [2.05, 4.69) is 23.8 Å². The molecule has 0 N–H and O–H groups in total. The summed E-state index contributed by atoms with van der Waals surface area (Å²) in [6, 6.07) is 7.61. The van der Waals surface area contributed by atoms with E-state index in [0.29, 0.717) is 11.6 Å². The molecule has 0 aliphatic rings. The number of ether oxygens (including phenoxy) is 1. The molecule has 178 valence electrons. The van der Waals surface area contributed by atoms with E-state index in [4.69, 9.17) is 4.74 Å². The Hall–Kier alpha value is -1.97. The molecule has 0 saturated heterocycles. The fourth-order valence-electron chi connectivity index (χ4n) is 3.95. The minimum absolute atomic E-state index is 0.0294. The number of rotatable bonds is 17. The molecule has 0 aliphatic carbocycles. The van der Waals surface area contributed by atoms with E-state index < -0.39 is 6.17 Å². The summed E-state index contributed by atoms with van der Waals surface area (Å²) in [5.41, 5.74) is 2.15. The first-order valence-corrected chi connectivity index (χ1v) is 12.8. The van der Waals surface area contributed by atoms with E-state index in [1.54, 1.807) is 0 Å². The summed E-state index contributed by atoms with van der Waals surface area (Å²) in [6.07, 6.45) is 17.9. The fraction of sp³-hybridized carbons (Fsp3) is 0.643. The topological polar surface area (TPSA) is 35.0 Å².